The Kier molecular flexibility index (Phi) is 5.08. The first kappa shape index (κ1) is 14.4. The lowest BCUT2D eigenvalue weighted by molar-refractivity contribution is -0.138. The first-order valence-corrected chi connectivity index (χ1v) is 6.22. The summed E-state index contributed by atoms with van der Waals surface area (Å²) in [5, 5.41) is 0. The summed E-state index contributed by atoms with van der Waals surface area (Å²) >= 11 is 0. The molecule has 0 amide bonds. The Labute approximate surface area is 108 Å². The number of ketones is 2. The van der Waals surface area contributed by atoms with Crippen LogP contribution >= 0.6 is 0 Å². The Hall–Kier alpha value is -1.64. The lowest BCUT2D eigenvalue weighted by Gasteiger charge is -2.10. The maximum absolute atomic E-state index is 11.6. The van der Waals surface area contributed by atoms with Crippen LogP contribution in [0, 0.1) is 5.92 Å². The van der Waals surface area contributed by atoms with Crippen molar-refractivity contribution in [2.75, 3.05) is 0 Å². The molecule has 98 valence electrons. The van der Waals surface area contributed by atoms with Gasteiger partial charge in [-0.2, -0.15) is 0 Å². The molecule has 1 rings (SSSR count). The van der Waals surface area contributed by atoms with Crippen LogP contribution in [0.5, 0.6) is 5.75 Å². The van der Waals surface area contributed by atoms with Gasteiger partial charge in [0.15, 0.2) is 0 Å². The summed E-state index contributed by atoms with van der Waals surface area (Å²) in [6.45, 7) is 7.39. The average molecular weight is 248 g/mol. The van der Waals surface area contributed by atoms with E-state index >= 15 is 0 Å². The third kappa shape index (κ3) is 4.32. The largest absolute Gasteiger partial charge is 0.491 e. The van der Waals surface area contributed by atoms with Gasteiger partial charge >= 0.3 is 0 Å². The van der Waals surface area contributed by atoms with Crippen molar-refractivity contribution in [3.8, 4) is 5.75 Å². The van der Waals surface area contributed by atoms with E-state index in [1.165, 1.54) is 0 Å². The molecule has 0 unspecified atom stereocenters. The van der Waals surface area contributed by atoms with Gasteiger partial charge in [-0.3, -0.25) is 9.59 Å². The van der Waals surface area contributed by atoms with E-state index in [1.807, 2.05) is 38.1 Å². The number of hydrogen-bond donors (Lipinski definition) is 0. The second-order valence-electron chi connectivity index (χ2n) is 4.93. The van der Waals surface area contributed by atoms with E-state index in [9.17, 15) is 9.59 Å². The molecule has 0 aromatic heterocycles. The third-order valence-corrected chi connectivity index (χ3v) is 2.46. The SMILES string of the molecule is CC(C)Oc1ccc(CC(=O)C(=O)C(C)C)cc1. The average Bonchev–Trinajstić information content (AvgIpc) is 2.29. The molecule has 0 aliphatic carbocycles. The van der Waals surface area contributed by atoms with Crippen LogP contribution < -0.4 is 4.74 Å². The van der Waals surface area contributed by atoms with Crippen LogP contribution in [0.15, 0.2) is 24.3 Å². The summed E-state index contributed by atoms with van der Waals surface area (Å²) in [4.78, 5) is 23.1. The fourth-order valence-electron chi connectivity index (χ4n) is 1.55. The van der Waals surface area contributed by atoms with Gasteiger partial charge in [-0.15, -0.1) is 0 Å². The second-order valence-corrected chi connectivity index (χ2v) is 4.93. The standard InChI is InChI=1S/C15H20O3/c1-10(2)15(17)14(16)9-12-5-7-13(8-6-12)18-11(3)4/h5-8,10-11H,9H2,1-4H3. The minimum Gasteiger partial charge on any atom is -0.491 e. The highest BCUT2D eigenvalue weighted by molar-refractivity contribution is 6.38. The van der Waals surface area contributed by atoms with Crippen LogP contribution in [0.2, 0.25) is 0 Å². The monoisotopic (exact) mass is 248 g/mol. The van der Waals surface area contributed by atoms with Crippen molar-refractivity contribution >= 4 is 11.6 Å². The topological polar surface area (TPSA) is 43.4 Å². The highest BCUT2D eigenvalue weighted by atomic mass is 16.5. The molecule has 0 radical (unpaired) electrons. The molecule has 0 aliphatic rings. The normalized spacial score (nSPS) is 10.8. The maximum Gasteiger partial charge on any atom is 0.203 e. The van der Waals surface area contributed by atoms with E-state index in [1.54, 1.807) is 13.8 Å². The molecule has 0 spiro atoms. The van der Waals surface area contributed by atoms with Crippen molar-refractivity contribution in [1.82, 2.24) is 0 Å². The van der Waals surface area contributed by atoms with Gasteiger partial charge in [0.2, 0.25) is 11.6 Å². The molecular formula is C15H20O3. The van der Waals surface area contributed by atoms with Crippen molar-refractivity contribution in [1.29, 1.82) is 0 Å². The molecule has 1 aromatic rings. The first-order chi connectivity index (χ1) is 8.40. The van der Waals surface area contributed by atoms with Crippen molar-refractivity contribution in [2.45, 2.75) is 40.2 Å². The van der Waals surface area contributed by atoms with Gasteiger partial charge in [-0.25, -0.2) is 0 Å². The Bertz CT molecular complexity index is 416. The van der Waals surface area contributed by atoms with Crippen LogP contribution in [0.4, 0.5) is 0 Å². The molecule has 0 fully saturated rings. The lowest BCUT2D eigenvalue weighted by Crippen LogP contribution is -2.21. The summed E-state index contributed by atoms with van der Waals surface area (Å²) < 4.78 is 5.51. The first-order valence-electron chi connectivity index (χ1n) is 6.22. The third-order valence-electron chi connectivity index (χ3n) is 2.46. The molecule has 0 N–H and O–H groups in total. The van der Waals surface area contributed by atoms with Crippen molar-refractivity contribution < 1.29 is 14.3 Å². The van der Waals surface area contributed by atoms with E-state index in [-0.39, 0.29) is 30.0 Å². The molecule has 0 aliphatic heterocycles. The highest BCUT2D eigenvalue weighted by Gasteiger charge is 2.17. The number of carbonyl (C=O) groups is 2. The summed E-state index contributed by atoms with van der Waals surface area (Å²) in [6, 6.07) is 7.29. The van der Waals surface area contributed by atoms with Crippen LogP contribution in [-0.2, 0) is 16.0 Å². The fourth-order valence-corrected chi connectivity index (χ4v) is 1.55. The number of carbonyl (C=O) groups excluding carboxylic acids is 2. The molecule has 18 heavy (non-hydrogen) atoms. The van der Waals surface area contributed by atoms with Gasteiger partial charge in [0.25, 0.3) is 0 Å². The molecular weight excluding hydrogens is 228 g/mol. The Balaban J connectivity index is 2.64. The minimum absolute atomic E-state index is 0.125. The molecule has 0 saturated heterocycles. The summed E-state index contributed by atoms with van der Waals surface area (Å²) in [5.74, 6) is -0.0996. The van der Waals surface area contributed by atoms with E-state index in [0.717, 1.165) is 11.3 Å². The van der Waals surface area contributed by atoms with Crippen molar-refractivity contribution in [3.63, 3.8) is 0 Å². The summed E-state index contributed by atoms with van der Waals surface area (Å²) in [6.07, 6.45) is 0.291. The minimum atomic E-state index is -0.331. The summed E-state index contributed by atoms with van der Waals surface area (Å²) in [5.41, 5.74) is 0.838. The number of ether oxygens (including phenoxy) is 1. The number of hydrogen-bond acceptors (Lipinski definition) is 3. The zero-order valence-electron chi connectivity index (χ0n) is 11.4. The molecule has 0 bridgehead atoms. The smallest absolute Gasteiger partial charge is 0.203 e. The molecule has 3 heteroatoms. The zero-order valence-corrected chi connectivity index (χ0v) is 11.4. The number of Topliss-reactive ketones (excluding diaryl/α,β-unsaturated/α-hetero) is 2. The number of rotatable bonds is 6. The van der Waals surface area contributed by atoms with Gasteiger partial charge in [-0.05, 0) is 31.5 Å². The molecule has 3 nitrogen and oxygen atoms in total. The van der Waals surface area contributed by atoms with E-state index in [4.69, 9.17) is 4.74 Å². The second kappa shape index (κ2) is 6.34. The quantitative estimate of drug-likeness (QED) is 0.727. The van der Waals surface area contributed by atoms with Crippen molar-refractivity contribution in [2.24, 2.45) is 5.92 Å². The number of benzene rings is 1. The molecule has 0 saturated carbocycles. The Morgan fingerprint density at radius 3 is 2.06 bits per heavy atom. The van der Waals surface area contributed by atoms with Gasteiger partial charge in [-0.1, -0.05) is 26.0 Å². The predicted octanol–water partition coefficient (Wildman–Crippen LogP) is 2.81. The van der Waals surface area contributed by atoms with Crippen molar-refractivity contribution in [3.05, 3.63) is 29.8 Å². The van der Waals surface area contributed by atoms with E-state index in [0.29, 0.717) is 0 Å². The van der Waals surface area contributed by atoms with Gasteiger partial charge in [0.05, 0.1) is 6.10 Å². The molecule has 0 atom stereocenters. The molecule has 0 heterocycles. The predicted molar refractivity (Wildman–Crippen MR) is 70.8 cm³/mol. The van der Waals surface area contributed by atoms with E-state index < -0.39 is 0 Å². The fraction of sp³-hybridized carbons (Fsp3) is 0.467. The van der Waals surface area contributed by atoms with E-state index in [2.05, 4.69) is 0 Å². The molecule has 1 aromatic carbocycles. The Morgan fingerprint density at radius 1 is 1.06 bits per heavy atom. The lowest BCUT2D eigenvalue weighted by atomic mass is 10.00. The highest BCUT2D eigenvalue weighted by Crippen LogP contribution is 2.14. The van der Waals surface area contributed by atoms with Crippen LogP contribution in [0.25, 0.3) is 0 Å². The van der Waals surface area contributed by atoms with Gasteiger partial charge < -0.3 is 4.74 Å². The summed E-state index contributed by atoms with van der Waals surface area (Å²) in [7, 11) is 0. The van der Waals surface area contributed by atoms with Crippen LogP contribution in [-0.4, -0.2) is 17.7 Å². The van der Waals surface area contributed by atoms with Crippen LogP contribution in [0.1, 0.15) is 33.3 Å². The van der Waals surface area contributed by atoms with Crippen LogP contribution in [0.3, 0.4) is 0 Å². The Morgan fingerprint density at radius 2 is 1.61 bits per heavy atom. The zero-order chi connectivity index (χ0) is 13.7. The maximum atomic E-state index is 11.6. The van der Waals surface area contributed by atoms with Gasteiger partial charge in [0.1, 0.15) is 5.75 Å². The van der Waals surface area contributed by atoms with Gasteiger partial charge in [0, 0.05) is 12.3 Å².